The zero-order valence-electron chi connectivity index (χ0n) is 8.93. The van der Waals surface area contributed by atoms with E-state index in [2.05, 4.69) is 4.74 Å². The quantitative estimate of drug-likeness (QED) is 0.761. The van der Waals surface area contributed by atoms with Gasteiger partial charge in [0.1, 0.15) is 12.3 Å². The molecule has 0 amide bonds. The standard InChI is InChI=1S/C11H15NO3/c1-3-12(8-11(14)15-2)9-5-4-6-10(13)7-9/h4-7,13H,3,8H2,1-2H3. The van der Waals surface area contributed by atoms with E-state index in [4.69, 9.17) is 0 Å². The Labute approximate surface area is 89.1 Å². The van der Waals surface area contributed by atoms with Gasteiger partial charge in [0, 0.05) is 18.3 Å². The van der Waals surface area contributed by atoms with Crippen molar-refractivity contribution in [2.75, 3.05) is 25.1 Å². The SMILES string of the molecule is CCN(CC(=O)OC)c1cccc(O)c1. The highest BCUT2D eigenvalue weighted by molar-refractivity contribution is 5.75. The van der Waals surface area contributed by atoms with Gasteiger partial charge in [-0.3, -0.25) is 4.79 Å². The van der Waals surface area contributed by atoms with E-state index in [-0.39, 0.29) is 18.3 Å². The predicted octanol–water partition coefficient (Wildman–Crippen LogP) is 1.39. The lowest BCUT2D eigenvalue weighted by molar-refractivity contribution is -0.138. The van der Waals surface area contributed by atoms with E-state index >= 15 is 0 Å². The van der Waals surface area contributed by atoms with E-state index in [0.717, 1.165) is 5.69 Å². The average molecular weight is 209 g/mol. The number of phenolic OH excluding ortho intramolecular Hbond substituents is 1. The lowest BCUT2D eigenvalue weighted by atomic mass is 10.2. The predicted molar refractivity (Wildman–Crippen MR) is 58.0 cm³/mol. The highest BCUT2D eigenvalue weighted by atomic mass is 16.5. The lowest BCUT2D eigenvalue weighted by Gasteiger charge is -2.21. The molecule has 1 N–H and O–H groups in total. The highest BCUT2D eigenvalue weighted by Gasteiger charge is 2.09. The number of hydrogen-bond donors (Lipinski definition) is 1. The number of rotatable bonds is 4. The molecule has 1 rings (SSSR count). The molecule has 0 aliphatic heterocycles. The first-order chi connectivity index (χ1) is 7.17. The Kier molecular flexibility index (Phi) is 3.97. The van der Waals surface area contributed by atoms with E-state index < -0.39 is 0 Å². The van der Waals surface area contributed by atoms with Crippen LogP contribution in [0.2, 0.25) is 0 Å². The molecule has 0 saturated carbocycles. The zero-order chi connectivity index (χ0) is 11.3. The van der Waals surface area contributed by atoms with Crippen LogP contribution in [-0.4, -0.2) is 31.3 Å². The molecule has 0 aromatic heterocycles. The molecule has 4 heteroatoms. The third-order valence-corrected chi connectivity index (χ3v) is 2.12. The van der Waals surface area contributed by atoms with Gasteiger partial charge in [-0.15, -0.1) is 0 Å². The Bertz CT molecular complexity index is 338. The maximum absolute atomic E-state index is 11.1. The molecule has 15 heavy (non-hydrogen) atoms. The number of methoxy groups -OCH3 is 1. The first kappa shape index (κ1) is 11.4. The maximum Gasteiger partial charge on any atom is 0.325 e. The summed E-state index contributed by atoms with van der Waals surface area (Å²) in [5, 5.41) is 9.31. The fourth-order valence-electron chi connectivity index (χ4n) is 1.30. The summed E-state index contributed by atoms with van der Waals surface area (Å²) in [5.74, 6) is -0.101. The molecule has 4 nitrogen and oxygen atoms in total. The summed E-state index contributed by atoms with van der Waals surface area (Å²) in [4.78, 5) is 12.9. The van der Waals surface area contributed by atoms with E-state index in [1.54, 1.807) is 18.2 Å². The Hall–Kier alpha value is -1.71. The summed E-state index contributed by atoms with van der Waals surface area (Å²) in [7, 11) is 1.36. The molecular weight excluding hydrogens is 194 g/mol. The smallest absolute Gasteiger partial charge is 0.325 e. The van der Waals surface area contributed by atoms with Gasteiger partial charge in [-0.25, -0.2) is 0 Å². The van der Waals surface area contributed by atoms with Crippen LogP contribution in [-0.2, 0) is 9.53 Å². The van der Waals surface area contributed by atoms with Crippen molar-refractivity contribution < 1.29 is 14.6 Å². The van der Waals surface area contributed by atoms with Gasteiger partial charge in [-0.2, -0.15) is 0 Å². The van der Waals surface area contributed by atoms with Crippen molar-refractivity contribution in [2.24, 2.45) is 0 Å². The van der Waals surface area contributed by atoms with Gasteiger partial charge in [0.15, 0.2) is 0 Å². The van der Waals surface area contributed by atoms with Crippen LogP contribution < -0.4 is 4.90 Å². The van der Waals surface area contributed by atoms with Crippen LogP contribution in [0.15, 0.2) is 24.3 Å². The number of anilines is 1. The van der Waals surface area contributed by atoms with Gasteiger partial charge >= 0.3 is 5.97 Å². The molecule has 0 radical (unpaired) electrons. The van der Waals surface area contributed by atoms with Crippen LogP contribution in [0.1, 0.15) is 6.92 Å². The van der Waals surface area contributed by atoms with Gasteiger partial charge in [-0.05, 0) is 19.1 Å². The Morgan fingerprint density at radius 2 is 2.27 bits per heavy atom. The highest BCUT2D eigenvalue weighted by Crippen LogP contribution is 2.19. The number of phenols is 1. The molecule has 0 aliphatic carbocycles. The molecule has 1 aromatic carbocycles. The molecule has 0 heterocycles. The summed E-state index contributed by atoms with van der Waals surface area (Å²) < 4.78 is 4.59. The van der Waals surface area contributed by atoms with Crippen molar-refractivity contribution in [3.05, 3.63) is 24.3 Å². The Morgan fingerprint density at radius 3 is 2.80 bits per heavy atom. The Morgan fingerprint density at radius 1 is 1.53 bits per heavy atom. The van der Waals surface area contributed by atoms with E-state index in [9.17, 15) is 9.90 Å². The van der Waals surface area contributed by atoms with Crippen LogP contribution >= 0.6 is 0 Å². The number of benzene rings is 1. The normalized spacial score (nSPS) is 9.73. The molecular formula is C11H15NO3. The van der Waals surface area contributed by atoms with E-state index in [0.29, 0.717) is 6.54 Å². The van der Waals surface area contributed by atoms with Crippen molar-refractivity contribution in [1.29, 1.82) is 0 Å². The fraction of sp³-hybridized carbons (Fsp3) is 0.364. The van der Waals surface area contributed by atoms with Crippen LogP contribution in [0.25, 0.3) is 0 Å². The van der Waals surface area contributed by atoms with Gasteiger partial charge in [-0.1, -0.05) is 6.07 Å². The minimum atomic E-state index is -0.291. The van der Waals surface area contributed by atoms with Crippen molar-refractivity contribution >= 4 is 11.7 Å². The molecule has 82 valence electrons. The largest absolute Gasteiger partial charge is 0.508 e. The molecule has 0 atom stereocenters. The lowest BCUT2D eigenvalue weighted by Crippen LogP contribution is -2.30. The number of hydrogen-bond acceptors (Lipinski definition) is 4. The second-order valence-corrected chi connectivity index (χ2v) is 3.11. The number of esters is 1. The molecule has 0 fully saturated rings. The van der Waals surface area contributed by atoms with Gasteiger partial charge in [0.05, 0.1) is 7.11 Å². The summed E-state index contributed by atoms with van der Waals surface area (Å²) in [6.45, 7) is 2.81. The van der Waals surface area contributed by atoms with Gasteiger partial charge in [0.2, 0.25) is 0 Å². The second kappa shape index (κ2) is 5.24. The molecule has 0 saturated heterocycles. The van der Waals surface area contributed by atoms with Crippen LogP contribution in [0.3, 0.4) is 0 Å². The molecule has 0 spiro atoms. The number of nitrogens with zero attached hydrogens (tertiary/aromatic N) is 1. The summed E-state index contributed by atoms with van der Waals surface area (Å²) in [5.41, 5.74) is 0.808. The second-order valence-electron chi connectivity index (χ2n) is 3.11. The third-order valence-electron chi connectivity index (χ3n) is 2.12. The summed E-state index contributed by atoms with van der Waals surface area (Å²) >= 11 is 0. The number of carbonyl (C=O) groups is 1. The average Bonchev–Trinajstić information content (AvgIpc) is 2.25. The number of carbonyl (C=O) groups excluding carboxylic acids is 1. The number of aromatic hydroxyl groups is 1. The van der Waals surface area contributed by atoms with Crippen molar-refractivity contribution in [1.82, 2.24) is 0 Å². The Balaban J connectivity index is 2.78. The van der Waals surface area contributed by atoms with Crippen LogP contribution in [0, 0.1) is 0 Å². The summed E-state index contributed by atoms with van der Waals surface area (Å²) in [6.07, 6.45) is 0. The minimum Gasteiger partial charge on any atom is -0.508 e. The van der Waals surface area contributed by atoms with E-state index in [1.807, 2.05) is 17.9 Å². The maximum atomic E-state index is 11.1. The first-order valence-electron chi connectivity index (χ1n) is 4.78. The first-order valence-corrected chi connectivity index (χ1v) is 4.78. The van der Waals surface area contributed by atoms with Crippen molar-refractivity contribution in [3.8, 4) is 5.75 Å². The zero-order valence-corrected chi connectivity index (χ0v) is 8.93. The van der Waals surface area contributed by atoms with Crippen molar-refractivity contribution in [2.45, 2.75) is 6.92 Å². The molecule has 0 unspecified atom stereocenters. The molecule has 0 bridgehead atoms. The van der Waals surface area contributed by atoms with Crippen LogP contribution in [0.4, 0.5) is 5.69 Å². The molecule has 0 aliphatic rings. The van der Waals surface area contributed by atoms with E-state index in [1.165, 1.54) is 7.11 Å². The van der Waals surface area contributed by atoms with Crippen LogP contribution in [0.5, 0.6) is 5.75 Å². The monoisotopic (exact) mass is 209 g/mol. The number of ether oxygens (including phenoxy) is 1. The van der Waals surface area contributed by atoms with Crippen molar-refractivity contribution in [3.63, 3.8) is 0 Å². The van der Waals surface area contributed by atoms with Gasteiger partial charge < -0.3 is 14.7 Å². The topological polar surface area (TPSA) is 49.8 Å². The number of likely N-dealkylation sites (N-methyl/N-ethyl adjacent to an activating group) is 1. The fourth-order valence-corrected chi connectivity index (χ4v) is 1.30. The van der Waals surface area contributed by atoms with Gasteiger partial charge in [0.25, 0.3) is 0 Å². The molecule has 1 aromatic rings. The minimum absolute atomic E-state index is 0.191. The summed E-state index contributed by atoms with van der Waals surface area (Å²) in [6, 6.07) is 6.79. The third kappa shape index (κ3) is 3.16.